The van der Waals surface area contributed by atoms with Crippen molar-refractivity contribution in [3.63, 3.8) is 0 Å². The van der Waals surface area contributed by atoms with E-state index >= 15 is 0 Å². The molecule has 0 aliphatic rings. The number of nitrogens with one attached hydrogen (secondary N) is 1. The second-order valence-electron chi connectivity index (χ2n) is 4.70. The van der Waals surface area contributed by atoms with Crippen LogP contribution in [0.15, 0.2) is 48.5 Å². The molecule has 1 N–H and O–H groups in total. The van der Waals surface area contributed by atoms with Crippen LogP contribution in [0, 0.1) is 5.82 Å². The second-order valence-corrected chi connectivity index (χ2v) is 4.70. The lowest BCUT2D eigenvalue weighted by atomic mass is 10.1. The Balaban J connectivity index is 1.79. The van der Waals surface area contributed by atoms with Crippen LogP contribution in [0.1, 0.15) is 22.3 Å². The highest BCUT2D eigenvalue weighted by Gasteiger charge is 2.04. The Morgan fingerprint density at radius 2 is 1.86 bits per heavy atom. The van der Waals surface area contributed by atoms with Crippen LogP contribution in [0.2, 0.25) is 0 Å². The molecule has 0 bridgehead atoms. The van der Waals surface area contributed by atoms with E-state index in [0.717, 1.165) is 18.4 Å². The standard InChI is InChI=1S/C17H18FNO2/c1-21-17(20)14-10-8-13(9-11-14)5-4-12-19-16-7-3-2-6-15(16)18/h2-3,6-11,19H,4-5,12H2,1H3. The highest BCUT2D eigenvalue weighted by molar-refractivity contribution is 5.89. The topological polar surface area (TPSA) is 38.3 Å². The molecule has 3 nitrogen and oxygen atoms in total. The number of carbonyl (C=O) groups is 1. The Hall–Kier alpha value is -2.36. The quantitative estimate of drug-likeness (QED) is 0.651. The lowest BCUT2D eigenvalue weighted by Gasteiger charge is -2.07. The normalized spacial score (nSPS) is 10.2. The molecule has 110 valence electrons. The van der Waals surface area contributed by atoms with Gasteiger partial charge in [0.1, 0.15) is 5.82 Å². The maximum Gasteiger partial charge on any atom is 0.337 e. The van der Waals surface area contributed by atoms with E-state index in [1.807, 2.05) is 12.1 Å². The maximum atomic E-state index is 13.4. The minimum atomic E-state index is -0.331. The molecule has 0 aliphatic heterocycles. The summed E-state index contributed by atoms with van der Waals surface area (Å²) in [6.07, 6.45) is 1.74. The molecular formula is C17H18FNO2. The molecular weight excluding hydrogens is 269 g/mol. The van der Waals surface area contributed by atoms with Crippen molar-refractivity contribution in [3.05, 3.63) is 65.5 Å². The Bertz CT molecular complexity index is 596. The van der Waals surface area contributed by atoms with Crippen molar-refractivity contribution < 1.29 is 13.9 Å². The van der Waals surface area contributed by atoms with Gasteiger partial charge in [0.2, 0.25) is 0 Å². The number of methoxy groups -OCH3 is 1. The number of hydrogen-bond donors (Lipinski definition) is 1. The molecule has 0 heterocycles. The molecule has 0 fully saturated rings. The number of para-hydroxylation sites is 1. The van der Waals surface area contributed by atoms with Crippen LogP contribution in [-0.2, 0) is 11.2 Å². The predicted octanol–water partition coefficient (Wildman–Crippen LogP) is 3.66. The summed E-state index contributed by atoms with van der Waals surface area (Å²) in [7, 11) is 1.37. The summed E-state index contributed by atoms with van der Waals surface area (Å²) >= 11 is 0. The summed E-state index contributed by atoms with van der Waals surface area (Å²) in [6.45, 7) is 0.694. The van der Waals surface area contributed by atoms with Crippen molar-refractivity contribution in [2.75, 3.05) is 19.0 Å². The van der Waals surface area contributed by atoms with Crippen LogP contribution in [0.3, 0.4) is 0 Å². The van der Waals surface area contributed by atoms with Crippen LogP contribution in [-0.4, -0.2) is 19.6 Å². The minimum absolute atomic E-state index is 0.236. The fraction of sp³-hybridized carbons (Fsp3) is 0.235. The van der Waals surface area contributed by atoms with Gasteiger partial charge in [-0.15, -0.1) is 0 Å². The number of ether oxygens (including phenoxy) is 1. The number of anilines is 1. The number of hydrogen-bond acceptors (Lipinski definition) is 3. The molecule has 0 saturated carbocycles. The number of rotatable bonds is 6. The van der Waals surface area contributed by atoms with Crippen LogP contribution >= 0.6 is 0 Å². The lowest BCUT2D eigenvalue weighted by Crippen LogP contribution is -2.05. The summed E-state index contributed by atoms with van der Waals surface area (Å²) in [6, 6.07) is 14.0. The van der Waals surface area contributed by atoms with Gasteiger partial charge < -0.3 is 10.1 Å². The summed E-state index contributed by atoms with van der Waals surface area (Å²) in [5.41, 5.74) is 2.21. The maximum absolute atomic E-state index is 13.4. The summed E-state index contributed by atoms with van der Waals surface area (Å²) in [4.78, 5) is 11.3. The van der Waals surface area contributed by atoms with Crippen LogP contribution < -0.4 is 5.32 Å². The zero-order chi connectivity index (χ0) is 15.1. The molecule has 0 amide bonds. The largest absolute Gasteiger partial charge is 0.465 e. The van der Waals surface area contributed by atoms with Crippen molar-refractivity contribution in [1.29, 1.82) is 0 Å². The summed E-state index contributed by atoms with van der Waals surface area (Å²) in [5, 5.41) is 3.07. The smallest absolute Gasteiger partial charge is 0.337 e. The van der Waals surface area contributed by atoms with Gasteiger partial charge in [-0.05, 0) is 42.7 Å². The molecule has 0 aromatic heterocycles. The first-order valence-corrected chi connectivity index (χ1v) is 6.86. The molecule has 0 unspecified atom stereocenters. The van der Waals surface area contributed by atoms with Crippen LogP contribution in [0.25, 0.3) is 0 Å². The number of halogens is 1. The van der Waals surface area contributed by atoms with E-state index in [2.05, 4.69) is 10.1 Å². The van der Waals surface area contributed by atoms with Gasteiger partial charge in [-0.25, -0.2) is 9.18 Å². The van der Waals surface area contributed by atoms with Gasteiger partial charge in [0.25, 0.3) is 0 Å². The number of carbonyl (C=O) groups excluding carboxylic acids is 1. The minimum Gasteiger partial charge on any atom is -0.465 e. The van der Waals surface area contributed by atoms with E-state index in [-0.39, 0.29) is 11.8 Å². The zero-order valence-electron chi connectivity index (χ0n) is 11.9. The van der Waals surface area contributed by atoms with Crippen molar-refractivity contribution in [2.45, 2.75) is 12.8 Å². The Morgan fingerprint density at radius 1 is 1.14 bits per heavy atom. The molecule has 21 heavy (non-hydrogen) atoms. The average Bonchev–Trinajstić information content (AvgIpc) is 2.53. The van der Waals surface area contributed by atoms with E-state index in [1.165, 1.54) is 13.2 Å². The van der Waals surface area contributed by atoms with Gasteiger partial charge in [-0.2, -0.15) is 0 Å². The molecule has 2 aromatic rings. The van der Waals surface area contributed by atoms with E-state index in [0.29, 0.717) is 17.8 Å². The number of esters is 1. The third kappa shape index (κ3) is 4.31. The van der Waals surface area contributed by atoms with Gasteiger partial charge in [-0.3, -0.25) is 0 Å². The molecule has 0 radical (unpaired) electrons. The van der Waals surface area contributed by atoms with Gasteiger partial charge >= 0.3 is 5.97 Å². The highest BCUT2D eigenvalue weighted by Crippen LogP contribution is 2.13. The monoisotopic (exact) mass is 287 g/mol. The molecule has 2 aromatic carbocycles. The van der Waals surface area contributed by atoms with E-state index in [9.17, 15) is 9.18 Å². The van der Waals surface area contributed by atoms with Crippen LogP contribution in [0.5, 0.6) is 0 Å². The Kier molecular flexibility index (Phi) is 5.32. The molecule has 0 aliphatic carbocycles. The van der Waals surface area contributed by atoms with Gasteiger partial charge in [0.05, 0.1) is 18.4 Å². The zero-order valence-corrected chi connectivity index (χ0v) is 11.9. The number of aryl methyl sites for hydroxylation is 1. The first-order chi connectivity index (χ1) is 10.2. The molecule has 0 atom stereocenters. The van der Waals surface area contributed by atoms with Gasteiger partial charge in [0, 0.05) is 6.54 Å². The van der Waals surface area contributed by atoms with E-state index in [4.69, 9.17) is 0 Å². The van der Waals surface area contributed by atoms with Crippen molar-refractivity contribution >= 4 is 11.7 Å². The molecule has 2 rings (SSSR count). The third-order valence-electron chi connectivity index (χ3n) is 3.21. The predicted molar refractivity (Wildman–Crippen MR) is 81.0 cm³/mol. The van der Waals surface area contributed by atoms with E-state index in [1.54, 1.807) is 30.3 Å². The van der Waals surface area contributed by atoms with Crippen molar-refractivity contribution in [2.24, 2.45) is 0 Å². The first-order valence-electron chi connectivity index (χ1n) is 6.86. The average molecular weight is 287 g/mol. The van der Waals surface area contributed by atoms with E-state index < -0.39 is 0 Å². The van der Waals surface area contributed by atoms with Gasteiger partial charge in [-0.1, -0.05) is 24.3 Å². The molecule has 4 heteroatoms. The Morgan fingerprint density at radius 3 is 2.52 bits per heavy atom. The molecule has 0 saturated heterocycles. The van der Waals surface area contributed by atoms with Gasteiger partial charge in [0.15, 0.2) is 0 Å². The second kappa shape index (κ2) is 7.43. The SMILES string of the molecule is COC(=O)c1ccc(CCCNc2ccccc2F)cc1. The summed E-state index contributed by atoms with van der Waals surface area (Å²) in [5.74, 6) is -0.567. The Labute approximate surface area is 123 Å². The lowest BCUT2D eigenvalue weighted by molar-refractivity contribution is 0.0600. The first kappa shape index (κ1) is 15.0. The molecule has 0 spiro atoms. The fourth-order valence-electron chi connectivity index (χ4n) is 2.05. The third-order valence-corrected chi connectivity index (χ3v) is 3.21. The van der Waals surface area contributed by atoms with Crippen molar-refractivity contribution in [1.82, 2.24) is 0 Å². The number of benzene rings is 2. The summed E-state index contributed by atoms with van der Waals surface area (Å²) < 4.78 is 18.0. The highest BCUT2D eigenvalue weighted by atomic mass is 19.1. The van der Waals surface area contributed by atoms with Crippen LogP contribution in [0.4, 0.5) is 10.1 Å². The fourth-order valence-corrected chi connectivity index (χ4v) is 2.05. The van der Waals surface area contributed by atoms with Crippen molar-refractivity contribution in [3.8, 4) is 0 Å².